The topological polar surface area (TPSA) is 45.7 Å². The van der Waals surface area contributed by atoms with Gasteiger partial charge in [0.25, 0.3) is 0 Å². The fourth-order valence-corrected chi connectivity index (χ4v) is 4.18. The second-order valence-corrected chi connectivity index (χ2v) is 7.17. The van der Waals surface area contributed by atoms with E-state index in [9.17, 15) is 4.79 Å². The summed E-state index contributed by atoms with van der Waals surface area (Å²) in [6.07, 6.45) is 4.68. The highest BCUT2D eigenvalue weighted by molar-refractivity contribution is 5.83. The molecule has 5 nitrogen and oxygen atoms in total. The number of hydrogen-bond acceptors (Lipinski definition) is 4. The number of amides is 1. The maximum atomic E-state index is 12.8. The quantitative estimate of drug-likeness (QED) is 0.845. The monoisotopic (exact) mass is 315 g/mol. The van der Waals surface area contributed by atoms with Crippen LogP contribution in [0.2, 0.25) is 0 Å². The second-order valence-electron chi connectivity index (χ2n) is 7.17. The lowest BCUT2D eigenvalue weighted by Gasteiger charge is -2.34. The average molecular weight is 315 g/mol. The van der Waals surface area contributed by atoms with Crippen LogP contribution < -0.4 is 0 Å². The summed E-state index contributed by atoms with van der Waals surface area (Å²) >= 11 is 0. The first-order valence-corrected chi connectivity index (χ1v) is 8.74. The van der Waals surface area contributed by atoms with Gasteiger partial charge >= 0.3 is 0 Å². The number of hydrogen-bond donors (Lipinski definition) is 0. The number of carbonyl (C=O) groups is 1. The van der Waals surface area contributed by atoms with Crippen LogP contribution in [0.1, 0.15) is 24.8 Å². The molecule has 1 aromatic heterocycles. The van der Waals surface area contributed by atoms with Gasteiger partial charge in [-0.1, -0.05) is 13.0 Å². The minimum Gasteiger partial charge on any atom is -0.379 e. The minimum absolute atomic E-state index is 0.176. The van der Waals surface area contributed by atoms with Crippen LogP contribution in [0.15, 0.2) is 24.5 Å². The van der Waals surface area contributed by atoms with E-state index in [0.29, 0.717) is 23.8 Å². The van der Waals surface area contributed by atoms with Crippen molar-refractivity contribution in [3.8, 4) is 0 Å². The lowest BCUT2D eigenvalue weighted by molar-refractivity contribution is -0.131. The number of pyridine rings is 1. The van der Waals surface area contributed by atoms with Crippen LogP contribution in [0.5, 0.6) is 0 Å². The van der Waals surface area contributed by atoms with Crippen molar-refractivity contribution >= 4 is 5.91 Å². The van der Waals surface area contributed by atoms with Crippen molar-refractivity contribution in [1.29, 1.82) is 0 Å². The van der Waals surface area contributed by atoms with E-state index in [1.54, 1.807) is 6.20 Å². The molecular weight excluding hydrogens is 290 g/mol. The largest absolute Gasteiger partial charge is 0.379 e. The Labute approximate surface area is 137 Å². The van der Waals surface area contributed by atoms with Gasteiger partial charge in [-0.3, -0.25) is 14.7 Å². The summed E-state index contributed by atoms with van der Waals surface area (Å²) in [5.74, 6) is 1.46. The van der Waals surface area contributed by atoms with E-state index in [4.69, 9.17) is 4.74 Å². The zero-order valence-electron chi connectivity index (χ0n) is 13.7. The Kier molecular flexibility index (Phi) is 4.07. The molecule has 1 aliphatic carbocycles. The molecule has 2 saturated heterocycles. The van der Waals surface area contributed by atoms with Gasteiger partial charge < -0.3 is 9.64 Å². The van der Waals surface area contributed by atoms with E-state index in [2.05, 4.69) is 27.8 Å². The Morgan fingerprint density at radius 3 is 2.87 bits per heavy atom. The fraction of sp³-hybridized carbons (Fsp3) is 0.667. The van der Waals surface area contributed by atoms with Crippen molar-refractivity contribution in [1.82, 2.24) is 14.8 Å². The molecule has 0 N–H and O–H groups in total. The number of rotatable bonds is 3. The lowest BCUT2D eigenvalue weighted by Crippen LogP contribution is -2.47. The molecule has 0 spiro atoms. The minimum atomic E-state index is 0.176. The average Bonchev–Trinajstić information content (AvgIpc) is 3.31. The third-order valence-electron chi connectivity index (χ3n) is 5.62. The first-order chi connectivity index (χ1) is 11.2. The molecule has 0 radical (unpaired) electrons. The van der Waals surface area contributed by atoms with Crippen LogP contribution in [0.4, 0.5) is 0 Å². The van der Waals surface area contributed by atoms with Gasteiger partial charge in [-0.2, -0.15) is 0 Å². The van der Waals surface area contributed by atoms with Crippen molar-refractivity contribution in [3.05, 3.63) is 30.1 Å². The molecule has 0 aromatic carbocycles. The molecule has 23 heavy (non-hydrogen) atoms. The van der Waals surface area contributed by atoms with E-state index >= 15 is 0 Å². The van der Waals surface area contributed by atoms with Gasteiger partial charge in [0.05, 0.1) is 13.2 Å². The van der Waals surface area contributed by atoms with Gasteiger partial charge in [0.2, 0.25) is 5.91 Å². The molecule has 3 fully saturated rings. The SMILES string of the molecule is CC1CN(C(=O)C2CC2c2cccnc2)CC1N1CCOCC1. The third-order valence-corrected chi connectivity index (χ3v) is 5.62. The predicted octanol–water partition coefficient (Wildman–Crippen LogP) is 1.36. The zero-order valence-corrected chi connectivity index (χ0v) is 13.7. The molecule has 0 bridgehead atoms. The highest BCUT2D eigenvalue weighted by Gasteiger charge is 2.48. The van der Waals surface area contributed by atoms with Gasteiger partial charge in [0, 0.05) is 50.5 Å². The van der Waals surface area contributed by atoms with Crippen LogP contribution in [-0.4, -0.2) is 66.1 Å². The Balaban J connectivity index is 1.37. The molecule has 3 aliphatic rings. The Morgan fingerprint density at radius 2 is 2.13 bits per heavy atom. The molecule has 124 valence electrons. The van der Waals surface area contributed by atoms with Crippen LogP contribution >= 0.6 is 0 Å². The molecule has 4 atom stereocenters. The molecule has 1 saturated carbocycles. The molecule has 4 rings (SSSR count). The van der Waals surface area contributed by atoms with Crippen molar-refractivity contribution in [2.24, 2.45) is 11.8 Å². The van der Waals surface area contributed by atoms with Gasteiger partial charge in [-0.25, -0.2) is 0 Å². The first kappa shape index (κ1) is 15.1. The smallest absolute Gasteiger partial charge is 0.226 e. The number of carbonyl (C=O) groups excluding carboxylic acids is 1. The molecule has 4 unspecified atom stereocenters. The van der Waals surface area contributed by atoms with Crippen LogP contribution in [-0.2, 0) is 9.53 Å². The maximum absolute atomic E-state index is 12.8. The highest BCUT2D eigenvalue weighted by atomic mass is 16.5. The standard InChI is InChI=1S/C18H25N3O2/c1-13-11-21(12-17(13)20-5-7-23-8-6-20)18(22)16-9-15(16)14-3-2-4-19-10-14/h2-4,10,13,15-17H,5-9,11-12H2,1H3. The first-order valence-electron chi connectivity index (χ1n) is 8.74. The molecule has 1 aromatic rings. The molecule has 5 heteroatoms. The van der Waals surface area contributed by atoms with Crippen LogP contribution in [0.25, 0.3) is 0 Å². The summed E-state index contributed by atoms with van der Waals surface area (Å²) in [4.78, 5) is 21.6. The molecule has 2 aliphatic heterocycles. The zero-order chi connectivity index (χ0) is 15.8. The summed E-state index contributed by atoms with van der Waals surface area (Å²) in [5, 5.41) is 0. The van der Waals surface area contributed by atoms with Crippen molar-refractivity contribution in [3.63, 3.8) is 0 Å². The summed E-state index contributed by atoms with van der Waals surface area (Å²) in [7, 11) is 0. The Bertz CT molecular complexity index is 559. The molecule has 3 heterocycles. The van der Waals surface area contributed by atoms with Gasteiger partial charge in [-0.15, -0.1) is 0 Å². The van der Waals surface area contributed by atoms with Gasteiger partial charge in [0.1, 0.15) is 0 Å². The Morgan fingerprint density at radius 1 is 1.30 bits per heavy atom. The van der Waals surface area contributed by atoms with E-state index < -0.39 is 0 Å². The number of nitrogens with zero attached hydrogens (tertiary/aromatic N) is 3. The van der Waals surface area contributed by atoms with E-state index in [0.717, 1.165) is 45.8 Å². The second kappa shape index (κ2) is 6.21. The summed E-state index contributed by atoms with van der Waals surface area (Å²) < 4.78 is 5.45. The van der Waals surface area contributed by atoms with E-state index in [-0.39, 0.29) is 5.92 Å². The highest BCUT2D eigenvalue weighted by Crippen LogP contribution is 2.48. The normalized spacial score (nSPS) is 34.6. The number of morpholine rings is 1. The van der Waals surface area contributed by atoms with E-state index in [1.807, 2.05) is 12.3 Å². The van der Waals surface area contributed by atoms with Gasteiger partial charge in [0.15, 0.2) is 0 Å². The lowest BCUT2D eigenvalue weighted by atomic mass is 10.0. The Hall–Kier alpha value is -1.46. The third kappa shape index (κ3) is 3.00. The predicted molar refractivity (Wildman–Crippen MR) is 87.0 cm³/mol. The van der Waals surface area contributed by atoms with Crippen molar-refractivity contribution in [2.75, 3.05) is 39.4 Å². The number of likely N-dealkylation sites (tertiary alicyclic amines) is 1. The molecular formula is C18H25N3O2. The van der Waals surface area contributed by atoms with Crippen molar-refractivity contribution in [2.45, 2.75) is 25.3 Å². The van der Waals surface area contributed by atoms with Crippen LogP contribution in [0, 0.1) is 11.8 Å². The van der Waals surface area contributed by atoms with E-state index in [1.165, 1.54) is 5.56 Å². The maximum Gasteiger partial charge on any atom is 0.226 e. The summed E-state index contributed by atoms with van der Waals surface area (Å²) in [6.45, 7) is 7.70. The van der Waals surface area contributed by atoms with Gasteiger partial charge in [-0.05, 0) is 29.9 Å². The summed E-state index contributed by atoms with van der Waals surface area (Å²) in [5.41, 5.74) is 1.21. The summed E-state index contributed by atoms with van der Waals surface area (Å²) in [6, 6.07) is 4.55. The number of aromatic nitrogens is 1. The van der Waals surface area contributed by atoms with Crippen molar-refractivity contribution < 1.29 is 9.53 Å². The fourth-order valence-electron chi connectivity index (χ4n) is 4.18. The van der Waals surface area contributed by atoms with Crippen LogP contribution in [0.3, 0.4) is 0 Å². The number of ether oxygens (including phenoxy) is 1. The molecule has 1 amide bonds.